The molecule has 0 saturated heterocycles. The first-order valence-electron chi connectivity index (χ1n) is 10.7. The van der Waals surface area contributed by atoms with Crippen LogP contribution in [0.15, 0.2) is 18.2 Å². The number of rotatable bonds is 16. The molecule has 1 rings (SSSR count). The number of aromatic hydroxyl groups is 1. The van der Waals surface area contributed by atoms with Gasteiger partial charge in [0, 0.05) is 12.8 Å². The van der Waals surface area contributed by atoms with Gasteiger partial charge in [-0.1, -0.05) is 64.9 Å². The van der Waals surface area contributed by atoms with E-state index in [1.807, 2.05) is 13.0 Å². The topological polar surface area (TPSA) is 66.8 Å². The Balaban J connectivity index is 2.22. The van der Waals surface area contributed by atoms with Crippen molar-refractivity contribution < 1.29 is 19.7 Å². The van der Waals surface area contributed by atoms with Gasteiger partial charge in [-0.3, -0.25) is 4.79 Å². The Bertz CT molecular complexity index is 527. The Kier molecular flexibility index (Phi) is 12.6. The van der Waals surface area contributed by atoms with E-state index >= 15 is 0 Å². The number of Topliss-reactive ketones (excluding diaryl/α,β-unsaturated/α-hetero) is 1. The largest absolute Gasteiger partial charge is 0.504 e. The van der Waals surface area contributed by atoms with Crippen LogP contribution >= 0.6 is 0 Å². The van der Waals surface area contributed by atoms with Gasteiger partial charge in [0.15, 0.2) is 11.5 Å². The van der Waals surface area contributed by atoms with E-state index in [4.69, 9.17) is 4.74 Å². The Morgan fingerprint density at radius 1 is 1.04 bits per heavy atom. The number of hydrogen-bond acceptors (Lipinski definition) is 4. The first kappa shape index (κ1) is 23.5. The van der Waals surface area contributed by atoms with Crippen molar-refractivity contribution in [3.8, 4) is 11.5 Å². The minimum absolute atomic E-state index is 0.0922. The first-order chi connectivity index (χ1) is 13.1. The van der Waals surface area contributed by atoms with Crippen LogP contribution < -0.4 is 4.74 Å². The maximum atomic E-state index is 12.1. The summed E-state index contributed by atoms with van der Waals surface area (Å²) in [4.78, 5) is 12.1. The highest BCUT2D eigenvalue weighted by atomic mass is 16.5. The fourth-order valence-corrected chi connectivity index (χ4v) is 3.13. The van der Waals surface area contributed by atoms with Gasteiger partial charge in [-0.25, -0.2) is 0 Å². The normalized spacial score (nSPS) is 12.1. The van der Waals surface area contributed by atoms with Crippen molar-refractivity contribution in [3.05, 3.63) is 23.8 Å². The van der Waals surface area contributed by atoms with Crippen LogP contribution in [-0.4, -0.2) is 28.7 Å². The van der Waals surface area contributed by atoms with E-state index in [-0.39, 0.29) is 18.0 Å². The molecule has 0 aliphatic heterocycles. The van der Waals surface area contributed by atoms with Gasteiger partial charge in [0.1, 0.15) is 5.78 Å². The summed E-state index contributed by atoms with van der Waals surface area (Å²) in [6.07, 6.45) is 10.8. The molecule has 0 spiro atoms. The zero-order chi connectivity index (χ0) is 19.9. The predicted octanol–water partition coefficient (Wildman–Crippen LogP) is 5.57. The monoisotopic (exact) mass is 378 g/mol. The summed E-state index contributed by atoms with van der Waals surface area (Å²) in [5, 5.41) is 19.9. The summed E-state index contributed by atoms with van der Waals surface area (Å²) >= 11 is 0. The van der Waals surface area contributed by atoms with Gasteiger partial charge < -0.3 is 14.9 Å². The quantitative estimate of drug-likeness (QED) is 0.369. The van der Waals surface area contributed by atoms with Crippen LogP contribution in [0.5, 0.6) is 11.5 Å². The molecule has 1 unspecified atom stereocenters. The number of hydrogen-bond donors (Lipinski definition) is 2. The van der Waals surface area contributed by atoms with Gasteiger partial charge in [0.05, 0.1) is 12.7 Å². The summed E-state index contributed by atoms with van der Waals surface area (Å²) in [5.41, 5.74) is 0.967. The van der Waals surface area contributed by atoms with E-state index in [0.717, 1.165) is 24.8 Å². The van der Waals surface area contributed by atoms with E-state index in [9.17, 15) is 15.0 Å². The number of aryl methyl sites for hydroxylation is 1. The molecule has 0 radical (unpaired) electrons. The second-order valence-corrected chi connectivity index (χ2v) is 7.46. The summed E-state index contributed by atoms with van der Waals surface area (Å²) in [5.74, 6) is 0.693. The van der Waals surface area contributed by atoms with Crippen molar-refractivity contribution in [3.63, 3.8) is 0 Å². The van der Waals surface area contributed by atoms with Crippen molar-refractivity contribution in [2.45, 2.75) is 97.0 Å². The molecule has 0 aliphatic carbocycles. The highest BCUT2D eigenvalue weighted by molar-refractivity contribution is 5.79. The molecule has 4 nitrogen and oxygen atoms in total. The first-order valence-corrected chi connectivity index (χ1v) is 10.7. The summed E-state index contributed by atoms with van der Waals surface area (Å²) in [6.45, 7) is 4.78. The summed E-state index contributed by atoms with van der Waals surface area (Å²) in [7, 11) is 0. The van der Waals surface area contributed by atoms with E-state index in [0.29, 0.717) is 31.6 Å². The molecule has 0 bridgehead atoms. The molecule has 0 saturated carbocycles. The average Bonchev–Trinajstić information content (AvgIpc) is 2.65. The number of ketones is 1. The number of ether oxygens (including phenoxy) is 1. The third kappa shape index (κ3) is 11.0. The maximum Gasteiger partial charge on any atom is 0.161 e. The van der Waals surface area contributed by atoms with Crippen LogP contribution in [0, 0.1) is 0 Å². The van der Waals surface area contributed by atoms with Crippen molar-refractivity contribution in [1.82, 2.24) is 0 Å². The Hall–Kier alpha value is -1.55. The lowest BCUT2D eigenvalue weighted by atomic mass is 10.0. The smallest absolute Gasteiger partial charge is 0.161 e. The molecule has 4 heteroatoms. The molecule has 0 heterocycles. The molecule has 154 valence electrons. The fourth-order valence-electron chi connectivity index (χ4n) is 3.13. The van der Waals surface area contributed by atoms with Crippen LogP contribution in [-0.2, 0) is 11.2 Å². The molecule has 0 aliphatic rings. The number of benzene rings is 1. The van der Waals surface area contributed by atoms with Crippen LogP contribution in [0.2, 0.25) is 0 Å². The number of unbranched alkanes of at least 4 members (excludes halogenated alkanes) is 6. The Morgan fingerprint density at radius 3 is 2.44 bits per heavy atom. The summed E-state index contributed by atoms with van der Waals surface area (Å²) < 4.78 is 5.51. The number of aliphatic hydroxyl groups is 1. The number of phenolic OH excluding ortho intramolecular Hbond substituents is 1. The zero-order valence-electron chi connectivity index (χ0n) is 17.2. The lowest BCUT2D eigenvalue weighted by Gasteiger charge is -2.11. The van der Waals surface area contributed by atoms with Crippen molar-refractivity contribution in [1.29, 1.82) is 0 Å². The lowest BCUT2D eigenvalue weighted by Crippen LogP contribution is -2.14. The van der Waals surface area contributed by atoms with Crippen LogP contribution in [0.25, 0.3) is 0 Å². The minimum Gasteiger partial charge on any atom is -0.504 e. The van der Waals surface area contributed by atoms with Crippen LogP contribution in [0.1, 0.15) is 90.0 Å². The predicted molar refractivity (Wildman–Crippen MR) is 110 cm³/mol. The van der Waals surface area contributed by atoms with E-state index < -0.39 is 6.10 Å². The number of aliphatic hydroxyl groups excluding tert-OH is 1. The zero-order valence-corrected chi connectivity index (χ0v) is 17.2. The van der Waals surface area contributed by atoms with Gasteiger partial charge in [0.25, 0.3) is 0 Å². The van der Waals surface area contributed by atoms with Gasteiger partial charge in [-0.15, -0.1) is 0 Å². The highest BCUT2D eigenvalue weighted by Crippen LogP contribution is 2.27. The number of phenols is 1. The van der Waals surface area contributed by atoms with E-state index in [2.05, 4.69) is 6.92 Å². The van der Waals surface area contributed by atoms with E-state index in [1.165, 1.54) is 32.1 Å². The second kappa shape index (κ2) is 14.5. The molecule has 2 N–H and O–H groups in total. The number of carbonyl (C=O) groups excluding carboxylic acids is 1. The molecular formula is C23H38O4. The van der Waals surface area contributed by atoms with Gasteiger partial charge >= 0.3 is 0 Å². The van der Waals surface area contributed by atoms with Gasteiger partial charge in [-0.05, 0) is 37.0 Å². The molecule has 0 aromatic heterocycles. The molecule has 1 aromatic carbocycles. The SMILES string of the molecule is CCCCCCCCCC(O)CC(=O)CCc1ccc(O)c(OCCC)c1. The molecule has 1 atom stereocenters. The Morgan fingerprint density at radius 2 is 1.74 bits per heavy atom. The van der Waals surface area contributed by atoms with E-state index in [1.54, 1.807) is 12.1 Å². The molecule has 1 aromatic rings. The standard InChI is InChI=1S/C23H38O4/c1-3-5-6-7-8-9-10-11-20(24)18-21(25)14-12-19-13-15-22(26)23(17-19)27-16-4-2/h13,15,17,20,24,26H,3-12,14,16,18H2,1-2H3. The molecule has 27 heavy (non-hydrogen) atoms. The molecule has 0 amide bonds. The highest BCUT2D eigenvalue weighted by Gasteiger charge is 2.12. The molecule has 0 fully saturated rings. The van der Waals surface area contributed by atoms with Crippen molar-refractivity contribution in [2.24, 2.45) is 0 Å². The van der Waals surface area contributed by atoms with Crippen molar-refractivity contribution in [2.75, 3.05) is 6.61 Å². The minimum atomic E-state index is -0.517. The number of carbonyl (C=O) groups is 1. The lowest BCUT2D eigenvalue weighted by molar-refractivity contribution is -0.121. The molecular weight excluding hydrogens is 340 g/mol. The maximum absolute atomic E-state index is 12.1. The third-order valence-electron chi connectivity index (χ3n) is 4.78. The van der Waals surface area contributed by atoms with Gasteiger partial charge in [0.2, 0.25) is 0 Å². The summed E-state index contributed by atoms with van der Waals surface area (Å²) in [6, 6.07) is 5.23. The van der Waals surface area contributed by atoms with Crippen molar-refractivity contribution >= 4 is 5.78 Å². The fraction of sp³-hybridized carbons (Fsp3) is 0.696. The third-order valence-corrected chi connectivity index (χ3v) is 4.78. The van der Waals surface area contributed by atoms with Gasteiger partial charge in [-0.2, -0.15) is 0 Å². The van der Waals surface area contributed by atoms with Crippen LogP contribution in [0.3, 0.4) is 0 Å². The average molecular weight is 379 g/mol. The Labute approximate surface area is 164 Å². The second-order valence-electron chi connectivity index (χ2n) is 7.46. The van der Waals surface area contributed by atoms with Crippen LogP contribution in [0.4, 0.5) is 0 Å².